The SMILES string of the molecule is CC1(C)c2cc(-c3ccccc3)ccc2-c2ccc(C(CCc3ccc(-c4ccc5c(c4)c4ccccc4n5-c4ccccc4)c4ccccc34)c3ccc(-c4ccc5oc6ccccc6c5c4)cc3)cc21. The predicted octanol–water partition coefficient (Wildman–Crippen LogP) is 18.9. The first-order valence-electron chi connectivity index (χ1n) is 25.4. The molecule has 2 aromatic heterocycles. The summed E-state index contributed by atoms with van der Waals surface area (Å²) >= 11 is 0. The summed E-state index contributed by atoms with van der Waals surface area (Å²) in [6, 6.07) is 89.9. The van der Waals surface area contributed by atoms with E-state index in [1.165, 1.54) is 111 Å². The molecule has 1 atom stereocenters. The molecule has 1 unspecified atom stereocenters. The van der Waals surface area contributed by atoms with Gasteiger partial charge in [0.2, 0.25) is 0 Å². The van der Waals surface area contributed by atoms with Crippen LogP contribution in [0.25, 0.3) is 105 Å². The van der Waals surface area contributed by atoms with Crippen molar-refractivity contribution in [2.75, 3.05) is 0 Å². The zero-order valence-corrected chi connectivity index (χ0v) is 40.4. The van der Waals surface area contributed by atoms with Crippen LogP contribution >= 0.6 is 0 Å². The summed E-state index contributed by atoms with van der Waals surface area (Å²) in [5.74, 6) is 0.173. The quantitative estimate of drug-likeness (QED) is 0.141. The van der Waals surface area contributed by atoms with Gasteiger partial charge in [-0.25, -0.2) is 0 Å². The minimum absolute atomic E-state index is 0.152. The van der Waals surface area contributed by atoms with E-state index in [0.29, 0.717) is 0 Å². The van der Waals surface area contributed by atoms with Crippen LogP contribution < -0.4 is 0 Å². The number of furan rings is 1. The number of aryl methyl sites for hydroxylation is 1. The third kappa shape index (κ3) is 6.85. The average molecular weight is 922 g/mol. The topological polar surface area (TPSA) is 18.1 Å². The van der Waals surface area contributed by atoms with Crippen LogP contribution in [-0.4, -0.2) is 4.57 Å². The predicted molar refractivity (Wildman–Crippen MR) is 302 cm³/mol. The van der Waals surface area contributed by atoms with E-state index in [0.717, 1.165) is 34.8 Å². The van der Waals surface area contributed by atoms with Crippen LogP contribution in [0.2, 0.25) is 0 Å². The van der Waals surface area contributed by atoms with E-state index in [4.69, 9.17) is 4.42 Å². The molecule has 0 spiro atoms. The summed E-state index contributed by atoms with van der Waals surface area (Å²) in [4.78, 5) is 0. The van der Waals surface area contributed by atoms with Gasteiger partial charge < -0.3 is 8.98 Å². The molecule has 0 N–H and O–H groups in total. The van der Waals surface area contributed by atoms with Crippen molar-refractivity contribution in [2.24, 2.45) is 0 Å². The number of rotatable bonds is 9. The minimum Gasteiger partial charge on any atom is -0.456 e. The summed E-state index contributed by atoms with van der Waals surface area (Å²) in [6.45, 7) is 4.82. The van der Waals surface area contributed by atoms with Crippen LogP contribution in [0.5, 0.6) is 0 Å². The van der Waals surface area contributed by atoms with E-state index in [9.17, 15) is 0 Å². The molecule has 2 nitrogen and oxygen atoms in total. The molecule has 2 heteroatoms. The molecule has 0 aliphatic heterocycles. The molecule has 0 fully saturated rings. The van der Waals surface area contributed by atoms with Gasteiger partial charge in [-0.3, -0.25) is 0 Å². The standard InChI is InChI=1S/C70H51NO/c1-70(2)64-43-50(45-15-5-3-6-16-45)31-37-58(64)59-38-32-52(44-65(59)70)54(47-27-25-46(26-28-47)49-34-40-69-63(41-49)61-22-12-14-24-68(61)72-69)35-29-48-30-36-56(57-20-10-9-19-55(48)57)51-33-39-67-62(42-51)60-21-11-13-23-66(60)71(67)53-17-7-4-8-18-53/h3-28,30-34,36-44,54H,29,35H2,1-2H3. The van der Waals surface area contributed by atoms with Gasteiger partial charge in [-0.2, -0.15) is 0 Å². The Bertz CT molecular complexity index is 4230. The third-order valence-electron chi connectivity index (χ3n) is 15.9. The van der Waals surface area contributed by atoms with Gasteiger partial charge in [0.15, 0.2) is 0 Å². The number of hydrogen-bond donors (Lipinski definition) is 0. The highest BCUT2D eigenvalue weighted by molar-refractivity contribution is 6.12. The Morgan fingerprint density at radius 1 is 0.375 bits per heavy atom. The van der Waals surface area contributed by atoms with Crippen LogP contribution in [0.3, 0.4) is 0 Å². The molecule has 72 heavy (non-hydrogen) atoms. The number of nitrogens with zero attached hydrogens (tertiary/aromatic N) is 1. The fourth-order valence-electron chi connectivity index (χ4n) is 12.2. The summed E-state index contributed by atoms with van der Waals surface area (Å²) in [6.07, 6.45) is 1.90. The average Bonchev–Trinajstić information content (AvgIpc) is 4.05. The molecule has 11 aromatic carbocycles. The van der Waals surface area contributed by atoms with E-state index in [2.05, 4.69) is 255 Å². The van der Waals surface area contributed by atoms with Crippen LogP contribution in [0, 0.1) is 0 Å². The van der Waals surface area contributed by atoms with Crippen molar-refractivity contribution in [3.8, 4) is 50.2 Å². The third-order valence-corrected chi connectivity index (χ3v) is 15.9. The highest BCUT2D eigenvalue weighted by Gasteiger charge is 2.36. The van der Waals surface area contributed by atoms with Gasteiger partial charge in [0.1, 0.15) is 11.2 Å². The molecule has 0 saturated heterocycles. The van der Waals surface area contributed by atoms with Gasteiger partial charge in [-0.1, -0.05) is 202 Å². The van der Waals surface area contributed by atoms with Gasteiger partial charge in [0.05, 0.1) is 11.0 Å². The normalized spacial score (nSPS) is 13.3. The molecule has 13 aromatic rings. The lowest BCUT2D eigenvalue weighted by molar-refractivity contribution is 0.655. The molecule has 0 amide bonds. The minimum atomic E-state index is -0.152. The highest BCUT2D eigenvalue weighted by Crippen LogP contribution is 2.51. The van der Waals surface area contributed by atoms with Crippen molar-refractivity contribution in [3.05, 3.63) is 270 Å². The molecule has 0 bridgehead atoms. The number of aromatic nitrogens is 1. The van der Waals surface area contributed by atoms with E-state index >= 15 is 0 Å². The first kappa shape index (κ1) is 42.2. The first-order chi connectivity index (χ1) is 35.4. The zero-order chi connectivity index (χ0) is 47.9. The Kier molecular flexibility index (Phi) is 9.79. The maximum absolute atomic E-state index is 6.20. The molecular formula is C70H51NO. The Hall–Kier alpha value is -8.72. The molecule has 14 rings (SSSR count). The van der Waals surface area contributed by atoms with Crippen molar-refractivity contribution in [1.29, 1.82) is 0 Å². The lowest BCUT2D eigenvalue weighted by atomic mass is 9.79. The van der Waals surface area contributed by atoms with Gasteiger partial charge in [0.25, 0.3) is 0 Å². The smallest absolute Gasteiger partial charge is 0.135 e. The van der Waals surface area contributed by atoms with Crippen LogP contribution in [0.15, 0.2) is 247 Å². The molecule has 0 radical (unpaired) electrons. The second-order valence-corrected chi connectivity index (χ2v) is 20.3. The van der Waals surface area contributed by atoms with Crippen LogP contribution in [0.1, 0.15) is 54.0 Å². The van der Waals surface area contributed by atoms with Crippen molar-refractivity contribution in [1.82, 2.24) is 4.57 Å². The summed E-state index contributed by atoms with van der Waals surface area (Å²) in [5.41, 5.74) is 22.3. The maximum Gasteiger partial charge on any atom is 0.135 e. The highest BCUT2D eigenvalue weighted by atomic mass is 16.3. The lowest BCUT2D eigenvalue weighted by Crippen LogP contribution is -2.16. The van der Waals surface area contributed by atoms with Crippen molar-refractivity contribution >= 4 is 54.5 Å². The largest absolute Gasteiger partial charge is 0.456 e. The van der Waals surface area contributed by atoms with Crippen LogP contribution in [-0.2, 0) is 11.8 Å². The van der Waals surface area contributed by atoms with E-state index < -0.39 is 0 Å². The van der Waals surface area contributed by atoms with Gasteiger partial charge in [-0.05, 0) is 151 Å². The van der Waals surface area contributed by atoms with E-state index in [1.54, 1.807) is 0 Å². The Morgan fingerprint density at radius 2 is 0.931 bits per heavy atom. The van der Waals surface area contributed by atoms with Crippen molar-refractivity contribution in [2.45, 2.75) is 38.0 Å². The fourth-order valence-corrected chi connectivity index (χ4v) is 12.2. The first-order valence-corrected chi connectivity index (χ1v) is 25.4. The van der Waals surface area contributed by atoms with Gasteiger partial charge in [-0.15, -0.1) is 0 Å². The van der Waals surface area contributed by atoms with E-state index in [1.807, 2.05) is 6.07 Å². The van der Waals surface area contributed by atoms with Crippen molar-refractivity contribution < 1.29 is 4.42 Å². The molecular weight excluding hydrogens is 871 g/mol. The van der Waals surface area contributed by atoms with Crippen LogP contribution in [0.4, 0.5) is 0 Å². The fraction of sp³-hybridized carbons (Fsp3) is 0.0857. The molecule has 342 valence electrons. The Labute approximate surface area is 420 Å². The Morgan fingerprint density at radius 3 is 1.75 bits per heavy atom. The second kappa shape index (κ2) is 16.7. The maximum atomic E-state index is 6.20. The Balaban J connectivity index is 0.838. The lowest BCUT2D eigenvalue weighted by Gasteiger charge is -2.25. The summed E-state index contributed by atoms with van der Waals surface area (Å²) in [5, 5.41) is 7.44. The number of hydrogen-bond acceptors (Lipinski definition) is 1. The number of fused-ring (bicyclic) bond motifs is 10. The van der Waals surface area contributed by atoms with Gasteiger partial charge in [0, 0.05) is 38.6 Å². The van der Waals surface area contributed by atoms with Gasteiger partial charge >= 0.3 is 0 Å². The molecule has 1 aliphatic rings. The monoisotopic (exact) mass is 921 g/mol. The number of benzene rings is 11. The summed E-state index contributed by atoms with van der Waals surface area (Å²) < 4.78 is 8.59. The second-order valence-electron chi connectivity index (χ2n) is 20.3. The molecule has 1 aliphatic carbocycles. The van der Waals surface area contributed by atoms with E-state index in [-0.39, 0.29) is 11.3 Å². The number of para-hydroxylation sites is 3. The molecule has 0 saturated carbocycles. The molecule has 2 heterocycles. The summed E-state index contributed by atoms with van der Waals surface area (Å²) in [7, 11) is 0. The zero-order valence-electron chi connectivity index (χ0n) is 40.4. The van der Waals surface area contributed by atoms with Crippen molar-refractivity contribution in [3.63, 3.8) is 0 Å².